The van der Waals surface area contributed by atoms with E-state index in [0.29, 0.717) is 13.1 Å². The predicted molar refractivity (Wildman–Crippen MR) is 65.1 cm³/mol. The van der Waals surface area contributed by atoms with Crippen LogP contribution in [0.2, 0.25) is 0 Å². The Morgan fingerprint density at radius 3 is 2.69 bits per heavy atom. The van der Waals surface area contributed by atoms with Gasteiger partial charge in [0.2, 0.25) is 0 Å². The molecule has 16 heavy (non-hydrogen) atoms. The lowest BCUT2D eigenvalue weighted by Crippen LogP contribution is -2.25. The van der Waals surface area contributed by atoms with Crippen molar-refractivity contribution in [3.8, 4) is 0 Å². The predicted octanol–water partition coefficient (Wildman–Crippen LogP) is 0.0211. The van der Waals surface area contributed by atoms with Gasteiger partial charge in [0.1, 0.15) is 15.7 Å². The van der Waals surface area contributed by atoms with E-state index in [1.807, 2.05) is 25.2 Å². The largest absolute Gasteiger partial charge is 0.359 e. The third-order valence-electron chi connectivity index (χ3n) is 2.19. The Hall–Kier alpha value is -1.14. The zero-order valence-electron chi connectivity index (χ0n) is 9.55. The topological polar surface area (TPSA) is 76.3 Å². The summed E-state index contributed by atoms with van der Waals surface area (Å²) in [6.07, 6.45) is 1.23. The number of hydrogen-bond donors (Lipinski definition) is 1. The van der Waals surface area contributed by atoms with Crippen LogP contribution in [-0.2, 0) is 16.4 Å². The lowest BCUT2D eigenvalue weighted by Gasteiger charge is -2.17. The van der Waals surface area contributed by atoms with Gasteiger partial charge in [-0.1, -0.05) is 6.07 Å². The number of anilines is 1. The highest BCUT2D eigenvalue weighted by molar-refractivity contribution is 7.90. The highest BCUT2D eigenvalue weighted by Crippen LogP contribution is 2.09. The van der Waals surface area contributed by atoms with E-state index in [1.165, 1.54) is 6.26 Å². The van der Waals surface area contributed by atoms with Crippen LogP contribution < -0.4 is 10.6 Å². The molecule has 0 bridgehead atoms. The first-order valence-electron chi connectivity index (χ1n) is 4.97. The molecule has 0 saturated carbocycles. The first kappa shape index (κ1) is 12.9. The summed E-state index contributed by atoms with van der Waals surface area (Å²) in [5.41, 5.74) is 6.28. The molecule has 0 aliphatic rings. The van der Waals surface area contributed by atoms with Crippen molar-refractivity contribution in [3.05, 3.63) is 23.9 Å². The maximum absolute atomic E-state index is 11.0. The quantitative estimate of drug-likeness (QED) is 0.789. The molecular formula is C10H17N3O2S. The van der Waals surface area contributed by atoms with Gasteiger partial charge < -0.3 is 10.6 Å². The van der Waals surface area contributed by atoms with Crippen molar-refractivity contribution in [2.75, 3.05) is 30.5 Å². The third-order valence-corrected chi connectivity index (χ3v) is 3.11. The first-order chi connectivity index (χ1) is 7.42. The Morgan fingerprint density at radius 2 is 2.12 bits per heavy atom. The molecule has 90 valence electrons. The second-order valence-corrected chi connectivity index (χ2v) is 6.00. The number of nitrogens with two attached hydrogens (primary N) is 1. The van der Waals surface area contributed by atoms with Crippen LogP contribution >= 0.6 is 0 Å². The van der Waals surface area contributed by atoms with Gasteiger partial charge in [-0.15, -0.1) is 0 Å². The lowest BCUT2D eigenvalue weighted by atomic mass is 10.3. The van der Waals surface area contributed by atoms with Crippen molar-refractivity contribution in [1.82, 2.24) is 4.98 Å². The van der Waals surface area contributed by atoms with Gasteiger partial charge in [-0.2, -0.15) is 0 Å². The molecule has 1 aromatic rings. The van der Waals surface area contributed by atoms with Gasteiger partial charge in [-0.25, -0.2) is 13.4 Å². The fourth-order valence-electron chi connectivity index (χ4n) is 1.21. The van der Waals surface area contributed by atoms with Gasteiger partial charge in [-0.05, 0) is 12.1 Å². The van der Waals surface area contributed by atoms with Gasteiger partial charge >= 0.3 is 0 Å². The van der Waals surface area contributed by atoms with E-state index in [9.17, 15) is 8.42 Å². The van der Waals surface area contributed by atoms with Crippen LogP contribution in [0.5, 0.6) is 0 Å². The molecule has 0 unspecified atom stereocenters. The monoisotopic (exact) mass is 243 g/mol. The average molecular weight is 243 g/mol. The smallest absolute Gasteiger partial charge is 0.149 e. The molecular weight excluding hydrogens is 226 g/mol. The number of aromatic nitrogens is 1. The molecule has 0 amide bonds. The number of hydrogen-bond acceptors (Lipinski definition) is 5. The third kappa shape index (κ3) is 4.16. The molecule has 0 aromatic carbocycles. The van der Waals surface area contributed by atoms with Crippen molar-refractivity contribution in [3.63, 3.8) is 0 Å². The minimum Gasteiger partial charge on any atom is -0.359 e. The molecule has 1 rings (SSSR count). The first-order valence-corrected chi connectivity index (χ1v) is 7.03. The molecule has 2 N–H and O–H groups in total. The second-order valence-electron chi connectivity index (χ2n) is 3.74. The second kappa shape index (κ2) is 5.27. The van der Waals surface area contributed by atoms with Gasteiger partial charge in [0.15, 0.2) is 0 Å². The SMILES string of the molecule is CN(CCS(C)(=O)=O)c1cccc(CN)n1. The summed E-state index contributed by atoms with van der Waals surface area (Å²) in [6, 6.07) is 5.54. The van der Waals surface area contributed by atoms with Crippen molar-refractivity contribution < 1.29 is 8.42 Å². The average Bonchev–Trinajstić information content (AvgIpc) is 2.25. The lowest BCUT2D eigenvalue weighted by molar-refractivity contribution is 0.601. The van der Waals surface area contributed by atoms with E-state index in [0.717, 1.165) is 11.5 Å². The van der Waals surface area contributed by atoms with Gasteiger partial charge in [0.05, 0.1) is 11.4 Å². The summed E-state index contributed by atoms with van der Waals surface area (Å²) in [5.74, 6) is 0.865. The fourth-order valence-corrected chi connectivity index (χ4v) is 1.82. The minimum absolute atomic E-state index is 0.123. The van der Waals surface area contributed by atoms with Crippen LogP contribution in [0.4, 0.5) is 5.82 Å². The molecule has 0 aliphatic carbocycles. The van der Waals surface area contributed by atoms with E-state index < -0.39 is 9.84 Å². The highest BCUT2D eigenvalue weighted by atomic mass is 32.2. The normalized spacial score (nSPS) is 11.4. The van der Waals surface area contributed by atoms with Crippen LogP contribution in [0, 0.1) is 0 Å². The Morgan fingerprint density at radius 1 is 1.44 bits per heavy atom. The van der Waals surface area contributed by atoms with Gasteiger partial charge in [0, 0.05) is 26.4 Å². The molecule has 0 atom stereocenters. The minimum atomic E-state index is -2.94. The van der Waals surface area contributed by atoms with Crippen molar-refractivity contribution in [1.29, 1.82) is 0 Å². The summed E-state index contributed by atoms with van der Waals surface area (Å²) >= 11 is 0. The Bertz CT molecular complexity index is 445. The molecule has 1 aromatic heterocycles. The van der Waals surface area contributed by atoms with Crippen molar-refractivity contribution in [2.24, 2.45) is 5.73 Å². The molecule has 0 saturated heterocycles. The Kier molecular flexibility index (Phi) is 4.26. The van der Waals surface area contributed by atoms with Crippen molar-refractivity contribution in [2.45, 2.75) is 6.54 Å². The molecule has 0 aliphatic heterocycles. The molecule has 1 heterocycles. The summed E-state index contributed by atoms with van der Waals surface area (Å²) < 4.78 is 22.0. The summed E-state index contributed by atoms with van der Waals surface area (Å²) in [5, 5.41) is 0. The number of sulfone groups is 1. The zero-order valence-corrected chi connectivity index (χ0v) is 10.4. The summed E-state index contributed by atoms with van der Waals surface area (Å²) in [4.78, 5) is 6.10. The van der Waals surface area contributed by atoms with E-state index in [4.69, 9.17) is 5.73 Å². The van der Waals surface area contributed by atoms with E-state index in [2.05, 4.69) is 4.98 Å². The van der Waals surface area contributed by atoms with Crippen LogP contribution in [0.15, 0.2) is 18.2 Å². The van der Waals surface area contributed by atoms with E-state index in [1.54, 1.807) is 4.90 Å². The number of nitrogens with zero attached hydrogens (tertiary/aromatic N) is 2. The van der Waals surface area contributed by atoms with E-state index in [-0.39, 0.29) is 5.75 Å². The highest BCUT2D eigenvalue weighted by Gasteiger charge is 2.07. The maximum atomic E-state index is 11.0. The van der Waals surface area contributed by atoms with Crippen molar-refractivity contribution >= 4 is 15.7 Å². The Labute approximate surface area is 96.2 Å². The van der Waals surface area contributed by atoms with Crippen LogP contribution in [0.25, 0.3) is 0 Å². The summed E-state index contributed by atoms with van der Waals surface area (Å²) in [6.45, 7) is 0.813. The molecule has 6 heteroatoms. The number of pyridine rings is 1. The molecule has 0 spiro atoms. The molecule has 0 fully saturated rings. The standard InChI is InChI=1S/C10H17N3O2S/c1-13(6-7-16(2,14)15)10-5-3-4-9(8-11)12-10/h3-5H,6-8,11H2,1-2H3. The fraction of sp³-hybridized carbons (Fsp3) is 0.500. The Balaban J connectivity index is 2.69. The van der Waals surface area contributed by atoms with Crippen LogP contribution in [-0.4, -0.2) is 39.0 Å². The summed E-state index contributed by atoms with van der Waals surface area (Å²) in [7, 11) is -1.12. The van der Waals surface area contributed by atoms with Crippen LogP contribution in [0.1, 0.15) is 5.69 Å². The van der Waals surface area contributed by atoms with Gasteiger partial charge in [-0.3, -0.25) is 0 Å². The van der Waals surface area contributed by atoms with Gasteiger partial charge in [0.25, 0.3) is 0 Å². The zero-order chi connectivity index (χ0) is 12.2. The maximum Gasteiger partial charge on any atom is 0.149 e. The molecule has 5 nitrogen and oxygen atoms in total. The number of rotatable bonds is 5. The molecule has 0 radical (unpaired) electrons. The van der Waals surface area contributed by atoms with Crippen LogP contribution in [0.3, 0.4) is 0 Å². The van der Waals surface area contributed by atoms with E-state index >= 15 is 0 Å².